The van der Waals surface area contributed by atoms with Crippen LogP contribution in [0.15, 0.2) is 42.5 Å². The highest BCUT2D eigenvalue weighted by Crippen LogP contribution is 2.29. The molecule has 1 fully saturated rings. The van der Waals surface area contributed by atoms with Gasteiger partial charge < -0.3 is 5.32 Å². The van der Waals surface area contributed by atoms with Gasteiger partial charge >= 0.3 is 0 Å². The SMILES string of the molecule is Cc1cccc(N2C(=O)C[C@H](Nc3cccc(Cl)c3)C2=O)c1C. The highest BCUT2D eigenvalue weighted by Gasteiger charge is 2.40. The van der Waals surface area contributed by atoms with Crippen LogP contribution < -0.4 is 10.2 Å². The second-order valence-electron chi connectivity index (χ2n) is 5.70. The molecule has 0 spiro atoms. The van der Waals surface area contributed by atoms with E-state index in [1.54, 1.807) is 24.3 Å². The summed E-state index contributed by atoms with van der Waals surface area (Å²) in [7, 11) is 0. The third-order valence-corrected chi connectivity index (χ3v) is 4.36. The van der Waals surface area contributed by atoms with Crippen molar-refractivity contribution in [3.63, 3.8) is 0 Å². The van der Waals surface area contributed by atoms with E-state index in [0.29, 0.717) is 10.7 Å². The smallest absolute Gasteiger partial charge is 0.256 e. The number of hydrogen-bond acceptors (Lipinski definition) is 3. The summed E-state index contributed by atoms with van der Waals surface area (Å²) in [6.07, 6.45) is 0.138. The number of anilines is 2. The maximum atomic E-state index is 12.7. The number of hydrogen-bond donors (Lipinski definition) is 1. The molecule has 1 aliphatic heterocycles. The number of aryl methyl sites for hydroxylation is 1. The summed E-state index contributed by atoms with van der Waals surface area (Å²) >= 11 is 5.96. The molecule has 1 N–H and O–H groups in total. The van der Waals surface area contributed by atoms with Crippen molar-refractivity contribution in [1.29, 1.82) is 0 Å². The normalized spacial score (nSPS) is 17.7. The highest BCUT2D eigenvalue weighted by atomic mass is 35.5. The van der Waals surface area contributed by atoms with Gasteiger partial charge in [0.2, 0.25) is 5.91 Å². The Morgan fingerprint density at radius 3 is 2.61 bits per heavy atom. The maximum Gasteiger partial charge on any atom is 0.256 e. The van der Waals surface area contributed by atoms with Gasteiger partial charge in [0.15, 0.2) is 0 Å². The summed E-state index contributed by atoms with van der Waals surface area (Å²) in [4.78, 5) is 26.3. The summed E-state index contributed by atoms with van der Waals surface area (Å²) < 4.78 is 0. The van der Waals surface area contributed by atoms with Crippen molar-refractivity contribution in [2.75, 3.05) is 10.2 Å². The van der Waals surface area contributed by atoms with Gasteiger partial charge in [0, 0.05) is 10.7 Å². The van der Waals surface area contributed by atoms with Crippen LogP contribution in [0.2, 0.25) is 5.02 Å². The van der Waals surface area contributed by atoms with E-state index in [1.807, 2.05) is 32.0 Å². The average Bonchev–Trinajstić information content (AvgIpc) is 2.77. The van der Waals surface area contributed by atoms with Crippen LogP contribution in [0.3, 0.4) is 0 Å². The highest BCUT2D eigenvalue weighted by molar-refractivity contribution is 6.30. The summed E-state index contributed by atoms with van der Waals surface area (Å²) in [6.45, 7) is 3.88. The Morgan fingerprint density at radius 2 is 1.87 bits per heavy atom. The van der Waals surface area contributed by atoms with Gasteiger partial charge in [0.25, 0.3) is 5.91 Å². The van der Waals surface area contributed by atoms with Crippen molar-refractivity contribution in [1.82, 2.24) is 0 Å². The van der Waals surface area contributed by atoms with Gasteiger partial charge in [0.1, 0.15) is 6.04 Å². The lowest BCUT2D eigenvalue weighted by atomic mass is 10.1. The first-order chi connectivity index (χ1) is 11.0. The maximum absolute atomic E-state index is 12.7. The number of rotatable bonds is 3. The predicted octanol–water partition coefficient (Wildman–Crippen LogP) is 3.70. The molecule has 0 unspecified atom stereocenters. The van der Waals surface area contributed by atoms with Crippen LogP contribution in [-0.4, -0.2) is 17.9 Å². The Balaban J connectivity index is 1.87. The van der Waals surface area contributed by atoms with Crippen LogP contribution in [-0.2, 0) is 9.59 Å². The van der Waals surface area contributed by atoms with E-state index in [-0.39, 0.29) is 18.2 Å². The molecular formula is C18H17ClN2O2. The van der Waals surface area contributed by atoms with Gasteiger partial charge in [-0.15, -0.1) is 0 Å². The monoisotopic (exact) mass is 328 g/mol. The van der Waals surface area contributed by atoms with Gasteiger partial charge in [-0.05, 0) is 49.2 Å². The van der Waals surface area contributed by atoms with E-state index in [1.165, 1.54) is 4.90 Å². The first kappa shape index (κ1) is 15.6. The number of nitrogens with zero attached hydrogens (tertiary/aromatic N) is 1. The number of carbonyl (C=O) groups excluding carboxylic acids is 2. The molecule has 0 aliphatic carbocycles. The minimum absolute atomic E-state index is 0.138. The molecule has 4 nitrogen and oxygen atoms in total. The molecule has 5 heteroatoms. The third kappa shape index (κ3) is 2.94. The molecule has 3 rings (SSSR count). The molecule has 0 aromatic heterocycles. The molecular weight excluding hydrogens is 312 g/mol. The molecule has 2 aromatic carbocycles. The van der Waals surface area contributed by atoms with Crippen LogP contribution in [0.5, 0.6) is 0 Å². The average molecular weight is 329 g/mol. The number of imide groups is 1. The van der Waals surface area contributed by atoms with E-state index in [0.717, 1.165) is 16.8 Å². The first-order valence-electron chi connectivity index (χ1n) is 7.42. The van der Waals surface area contributed by atoms with Crippen molar-refractivity contribution in [3.05, 3.63) is 58.6 Å². The third-order valence-electron chi connectivity index (χ3n) is 4.13. The van der Waals surface area contributed by atoms with Gasteiger partial charge in [-0.25, -0.2) is 4.90 Å². The molecule has 0 saturated carbocycles. The van der Waals surface area contributed by atoms with E-state index < -0.39 is 6.04 Å². The van der Waals surface area contributed by atoms with Gasteiger partial charge in [-0.3, -0.25) is 9.59 Å². The Hall–Kier alpha value is -2.33. The molecule has 1 heterocycles. The van der Waals surface area contributed by atoms with Crippen LogP contribution in [0.1, 0.15) is 17.5 Å². The summed E-state index contributed by atoms with van der Waals surface area (Å²) in [5, 5.41) is 3.68. The Bertz CT molecular complexity index is 788. The quantitative estimate of drug-likeness (QED) is 0.874. The van der Waals surface area contributed by atoms with Gasteiger partial charge in [0.05, 0.1) is 12.1 Å². The molecule has 23 heavy (non-hydrogen) atoms. The van der Waals surface area contributed by atoms with Crippen LogP contribution in [0, 0.1) is 13.8 Å². The largest absolute Gasteiger partial charge is 0.373 e. The first-order valence-corrected chi connectivity index (χ1v) is 7.80. The lowest BCUT2D eigenvalue weighted by Gasteiger charge is -2.19. The molecule has 0 bridgehead atoms. The topological polar surface area (TPSA) is 49.4 Å². The predicted molar refractivity (Wildman–Crippen MR) is 91.9 cm³/mol. The second-order valence-corrected chi connectivity index (χ2v) is 6.13. The standard InChI is InChI=1S/C18H17ClN2O2/c1-11-5-3-8-16(12(11)2)21-17(22)10-15(18(21)23)20-14-7-4-6-13(19)9-14/h3-9,15,20H,10H2,1-2H3/t15-/m0/s1. The number of amides is 2. The number of halogens is 1. The molecule has 2 aromatic rings. The lowest BCUT2D eigenvalue weighted by Crippen LogP contribution is -2.35. The molecule has 0 radical (unpaired) electrons. The Morgan fingerprint density at radius 1 is 1.13 bits per heavy atom. The summed E-state index contributed by atoms with van der Waals surface area (Å²) in [5.41, 5.74) is 3.38. The second kappa shape index (κ2) is 6.05. The fourth-order valence-electron chi connectivity index (χ4n) is 2.76. The van der Waals surface area contributed by atoms with Crippen molar-refractivity contribution < 1.29 is 9.59 Å². The lowest BCUT2D eigenvalue weighted by molar-refractivity contribution is -0.121. The van der Waals surface area contributed by atoms with Crippen molar-refractivity contribution in [3.8, 4) is 0 Å². The van der Waals surface area contributed by atoms with E-state index >= 15 is 0 Å². The molecule has 2 amide bonds. The zero-order valence-electron chi connectivity index (χ0n) is 13.0. The number of nitrogens with one attached hydrogen (secondary N) is 1. The van der Waals surface area contributed by atoms with E-state index in [9.17, 15) is 9.59 Å². The van der Waals surface area contributed by atoms with Crippen molar-refractivity contribution in [2.24, 2.45) is 0 Å². The summed E-state index contributed by atoms with van der Waals surface area (Å²) in [5.74, 6) is -0.424. The van der Waals surface area contributed by atoms with Crippen LogP contribution in [0.4, 0.5) is 11.4 Å². The zero-order valence-corrected chi connectivity index (χ0v) is 13.7. The van der Waals surface area contributed by atoms with Crippen LogP contribution in [0.25, 0.3) is 0 Å². The molecule has 118 valence electrons. The van der Waals surface area contributed by atoms with Gasteiger partial charge in [-0.2, -0.15) is 0 Å². The van der Waals surface area contributed by atoms with E-state index in [4.69, 9.17) is 11.6 Å². The van der Waals surface area contributed by atoms with Crippen LogP contribution >= 0.6 is 11.6 Å². The fourth-order valence-corrected chi connectivity index (χ4v) is 2.95. The van der Waals surface area contributed by atoms with Crippen molar-refractivity contribution >= 4 is 34.8 Å². The zero-order chi connectivity index (χ0) is 16.6. The van der Waals surface area contributed by atoms with E-state index in [2.05, 4.69) is 5.32 Å². The minimum atomic E-state index is -0.569. The number of benzene rings is 2. The van der Waals surface area contributed by atoms with Gasteiger partial charge in [-0.1, -0.05) is 29.8 Å². The summed E-state index contributed by atoms with van der Waals surface area (Å²) in [6, 6.07) is 12.2. The minimum Gasteiger partial charge on any atom is -0.373 e. The fraction of sp³-hybridized carbons (Fsp3) is 0.222. The Kier molecular flexibility index (Phi) is 4.09. The molecule has 1 saturated heterocycles. The Labute approximate surface area is 140 Å². The molecule has 1 atom stereocenters. The van der Waals surface area contributed by atoms with Crippen molar-refractivity contribution in [2.45, 2.75) is 26.3 Å². The number of carbonyl (C=O) groups is 2. The molecule has 1 aliphatic rings.